The Morgan fingerprint density at radius 3 is 2.91 bits per heavy atom. The largest absolute Gasteiger partial charge is 0.389 e. The molecule has 116 valence electrons. The highest BCUT2D eigenvalue weighted by Crippen LogP contribution is 2.35. The van der Waals surface area contributed by atoms with Gasteiger partial charge in [0.05, 0.1) is 18.8 Å². The molecule has 4 heterocycles. The van der Waals surface area contributed by atoms with Gasteiger partial charge in [-0.1, -0.05) is 0 Å². The first-order valence-electron chi connectivity index (χ1n) is 7.09. The molecule has 0 spiro atoms. The minimum atomic E-state index is -0.697. The van der Waals surface area contributed by atoms with Gasteiger partial charge in [-0.3, -0.25) is 0 Å². The normalized spacial score (nSPS) is 34.0. The lowest BCUT2D eigenvalue weighted by atomic mass is 9.96. The molecule has 0 aliphatic carbocycles. The van der Waals surface area contributed by atoms with Crippen molar-refractivity contribution in [1.29, 1.82) is 0 Å². The zero-order valence-corrected chi connectivity index (χ0v) is 11.7. The number of nitrogens with one attached hydrogen (secondary N) is 1. The predicted octanol–water partition coefficient (Wildman–Crippen LogP) is -1.12. The maximum absolute atomic E-state index is 10.7. The van der Waals surface area contributed by atoms with Crippen LogP contribution >= 0.6 is 0 Å². The Balaban J connectivity index is 1.51. The SMILES string of the molecule is O[C@H]1[C@H](NCc2cncnc2)[C@H]2CO[C@H](O2)[C@@H]1n1cncn1. The van der Waals surface area contributed by atoms with E-state index in [-0.39, 0.29) is 12.1 Å². The topological polar surface area (TPSA) is 107 Å². The maximum Gasteiger partial charge on any atom is 0.183 e. The first-order valence-corrected chi connectivity index (χ1v) is 7.09. The Kier molecular flexibility index (Phi) is 3.54. The highest BCUT2D eigenvalue weighted by molar-refractivity contribution is 5.05. The number of nitrogens with zero attached hydrogens (tertiary/aromatic N) is 5. The number of rotatable bonds is 4. The van der Waals surface area contributed by atoms with E-state index in [4.69, 9.17) is 9.47 Å². The zero-order valence-electron chi connectivity index (χ0n) is 11.7. The summed E-state index contributed by atoms with van der Waals surface area (Å²) in [5, 5.41) is 18.1. The van der Waals surface area contributed by atoms with Crippen molar-refractivity contribution in [2.45, 2.75) is 37.1 Å². The fraction of sp³-hybridized carbons (Fsp3) is 0.538. The summed E-state index contributed by atoms with van der Waals surface area (Å²) < 4.78 is 13.1. The van der Waals surface area contributed by atoms with Gasteiger partial charge in [-0.2, -0.15) is 5.10 Å². The van der Waals surface area contributed by atoms with E-state index in [0.717, 1.165) is 5.56 Å². The molecule has 2 aliphatic rings. The Morgan fingerprint density at radius 1 is 1.27 bits per heavy atom. The summed E-state index contributed by atoms with van der Waals surface area (Å²) in [7, 11) is 0. The third kappa shape index (κ3) is 2.37. The monoisotopic (exact) mass is 304 g/mol. The lowest BCUT2D eigenvalue weighted by molar-refractivity contribution is -0.168. The van der Waals surface area contributed by atoms with Crippen LogP contribution in [-0.4, -0.2) is 61.0 Å². The molecule has 2 aromatic heterocycles. The first kappa shape index (κ1) is 13.7. The van der Waals surface area contributed by atoms with E-state index >= 15 is 0 Å². The number of aromatic nitrogens is 5. The number of ether oxygens (including phenoxy) is 2. The zero-order chi connectivity index (χ0) is 14.9. The van der Waals surface area contributed by atoms with Gasteiger partial charge >= 0.3 is 0 Å². The number of fused-ring (bicyclic) bond motifs is 2. The second kappa shape index (κ2) is 5.69. The molecule has 4 rings (SSSR count). The molecule has 0 aromatic carbocycles. The molecule has 5 atom stereocenters. The molecule has 2 aromatic rings. The third-order valence-electron chi connectivity index (χ3n) is 4.03. The van der Waals surface area contributed by atoms with Gasteiger partial charge in [-0.25, -0.2) is 19.6 Å². The Labute approximate surface area is 126 Å². The first-order chi connectivity index (χ1) is 10.8. The van der Waals surface area contributed by atoms with Crippen LogP contribution in [0.1, 0.15) is 11.6 Å². The average molecular weight is 304 g/mol. The van der Waals surface area contributed by atoms with Crippen molar-refractivity contribution in [3.05, 3.63) is 36.9 Å². The highest BCUT2D eigenvalue weighted by Gasteiger charge is 2.51. The van der Waals surface area contributed by atoms with Crippen LogP contribution in [0.4, 0.5) is 0 Å². The van der Waals surface area contributed by atoms with Crippen LogP contribution in [0, 0.1) is 0 Å². The maximum atomic E-state index is 10.7. The summed E-state index contributed by atoms with van der Waals surface area (Å²) in [6.07, 6.45) is 6.55. The standard InChI is InChI=1S/C13H16N6O3/c20-12-10(17-3-8-1-14-5-15-2-8)9-4-21-13(22-9)11(12)19-7-16-6-18-19/h1-2,5-7,9-13,17,20H,3-4H2/t9-,10-,11-,12+,13-/m1/s1. The van der Waals surface area contributed by atoms with E-state index in [1.807, 2.05) is 0 Å². The molecule has 2 saturated heterocycles. The van der Waals surface area contributed by atoms with E-state index in [1.54, 1.807) is 23.4 Å². The molecule has 0 radical (unpaired) electrons. The van der Waals surface area contributed by atoms with Crippen molar-refractivity contribution in [1.82, 2.24) is 30.0 Å². The molecule has 0 saturated carbocycles. The smallest absolute Gasteiger partial charge is 0.183 e. The number of aliphatic hydroxyl groups is 1. The Hall–Kier alpha value is -1.94. The van der Waals surface area contributed by atoms with Gasteiger partial charge in [-0.15, -0.1) is 0 Å². The second-order valence-electron chi connectivity index (χ2n) is 5.39. The summed E-state index contributed by atoms with van der Waals surface area (Å²) in [6.45, 7) is 0.979. The molecule has 2 aliphatic heterocycles. The summed E-state index contributed by atoms with van der Waals surface area (Å²) in [6, 6.07) is -0.695. The quantitative estimate of drug-likeness (QED) is 0.732. The predicted molar refractivity (Wildman–Crippen MR) is 72.3 cm³/mol. The Morgan fingerprint density at radius 2 is 2.14 bits per heavy atom. The molecule has 2 fully saturated rings. The van der Waals surface area contributed by atoms with Gasteiger partial charge in [0.2, 0.25) is 0 Å². The van der Waals surface area contributed by atoms with Gasteiger partial charge in [-0.05, 0) is 0 Å². The van der Waals surface area contributed by atoms with E-state index in [1.165, 1.54) is 12.7 Å². The summed E-state index contributed by atoms with van der Waals surface area (Å²) in [4.78, 5) is 11.9. The lowest BCUT2D eigenvalue weighted by Gasteiger charge is -2.38. The summed E-state index contributed by atoms with van der Waals surface area (Å²) in [5.74, 6) is 0. The van der Waals surface area contributed by atoms with Crippen molar-refractivity contribution < 1.29 is 14.6 Å². The molecule has 2 N–H and O–H groups in total. The second-order valence-corrected chi connectivity index (χ2v) is 5.39. The van der Waals surface area contributed by atoms with Crippen LogP contribution in [0.3, 0.4) is 0 Å². The van der Waals surface area contributed by atoms with E-state index in [9.17, 15) is 5.11 Å². The van der Waals surface area contributed by atoms with Crippen LogP contribution in [0.2, 0.25) is 0 Å². The Bertz CT molecular complexity index is 610. The van der Waals surface area contributed by atoms with Gasteiger partial charge in [0.1, 0.15) is 31.1 Å². The molecule has 9 heteroatoms. The number of hydrogen-bond acceptors (Lipinski definition) is 8. The summed E-state index contributed by atoms with van der Waals surface area (Å²) >= 11 is 0. The van der Waals surface area contributed by atoms with Crippen molar-refractivity contribution in [2.24, 2.45) is 0 Å². The highest BCUT2D eigenvalue weighted by atomic mass is 16.7. The molecule has 0 unspecified atom stereocenters. The van der Waals surface area contributed by atoms with E-state index in [2.05, 4.69) is 25.4 Å². The molecule has 22 heavy (non-hydrogen) atoms. The fourth-order valence-electron chi connectivity index (χ4n) is 2.96. The van der Waals surface area contributed by atoms with Crippen LogP contribution in [0.5, 0.6) is 0 Å². The molecule has 0 amide bonds. The van der Waals surface area contributed by atoms with E-state index in [0.29, 0.717) is 13.2 Å². The van der Waals surface area contributed by atoms with Crippen molar-refractivity contribution in [2.75, 3.05) is 6.61 Å². The molecular weight excluding hydrogens is 288 g/mol. The van der Waals surface area contributed by atoms with Crippen LogP contribution in [0.25, 0.3) is 0 Å². The third-order valence-corrected chi connectivity index (χ3v) is 4.03. The summed E-state index contributed by atoms with van der Waals surface area (Å²) in [5.41, 5.74) is 0.938. The van der Waals surface area contributed by atoms with Crippen LogP contribution in [0.15, 0.2) is 31.4 Å². The lowest BCUT2D eigenvalue weighted by Crippen LogP contribution is -2.57. The van der Waals surface area contributed by atoms with Gasteiger partial charge in [0, 0.05) is 24.5 Å². The van der Waals surface area contributed by atoms with Crippen molar-refractivity contribution >= 4 is 0 Å². The van der Waals surface area contributed by atoms with Crippen molar-refractivity contribution in [3.8, 4) is 0 Å². The fourth-order valence-corrected chi connectivity index (χ4v) is 2.96. The molecule has 9 nitrogen and oxygen atoms in total. The molecular formula is C13H16N6O3. The van der Waals surface area contributed by atoms with Gasteiger partial charge in [0.15, 0.2) is 6.29 Å². The number of aliphatic hydroxyl groups excluding tert-OH is 1. The van der Waals surface area contributed by atoms with E-state index < -0.39 is 18.4 Å². The number of hydrogen-bond donors (Lipinski definition) is 2. The van der Waals surface area contributed by atoms with Crippen LogP contribution < -0.4 is 5.32 Å². The van der Waals surface area contributed by atoms with Gasteiger partial charge in [0.25, 0.3) is 0 Å². The van der Waals surface area contributed by atoms with Crippen LogP contribution in [-0.2, 0) is 16.0 Å². The van der Waals surface area contributed by atoms with Crippen molar-refractivity contribution in [3.63, 3.8) is 0 Å². The molecule has 2 bridgehead atoms. The minimum absolute atomic E-state index is 0.190. The van der Waals surface area contributed by atoms with Gasteiger partial charge < -0.3 is 19.9 Å². The minimum Gasteiger partial charge on any atom is -0.389 e. The average Bonchev–Trinajstić information content (AvgIpc) is 3.20.